The smallest absolute Gasteiger partial charge is 0.870 e. The molecule has 0 saturated heterocycles. The number of carbonyl (C=O) groups excluding carboxylic acids is 1. The fourth-order valence-corrected chi connectivity index (χ4v) is 1.83. The van der Waals surface area contributed by atoms with Gasteiger partial charge in [-0.2, -0.15) is 5.10 Å². The van der Waals surface area contributed by atoms with E-state index in [2.05, 4.69) is 14.8 Å². The molecule has 0 bridgehead atoms. The number of carboxylic acids is 1. The van der Waals surface area contributed by atoms with E-state index in [0.717, 1.165) is 11.8 Å². The molecule has 0 radical (unpaired) electrons. The molecule has 11 nitrogen and oxygen atoms in total. The standard InChI is InChI=1S/C12H10N4O6.K.H2O/c1-22-12(19)8-9(16(20)21)10(11(17)18)15(14-8)6-7-4-2-3-5-13-7;;/h2-5H,6H2,1H3,(H,17,18);;1H2/q;+1;/p-1. The van der Waals surface area contributed by atoms with Gasteiger partial charge in [0.1, 0.15) is 0 Å². The van der Waals surface area contributed by atoms with E-state index in [-0.39, 0.29) is 63.4 Å². The Kier molecular flexibility index (Phi) is 8.88. The van der Waals surface area contributed by atoms with Crippen LogP contribution in [0.15, 0.2) is 24.4 Å². The van der Waals surface area contributed by atoms with Crippen molar-refractivity contribution in [2.45, 2.75) is 6.54 Å². The van der Waals surface area contributed by atoms with Gasteiger partial charge in [0, 0.05) is 6.20 Å². The molecular weight excluding hydrogens is 351 g/mol. The summed E-state index contributed by atoms with van der Waals surface area (Å²) in [6.45, 7) is -0.139. The van der Waals surface area contributed by atoms with Gasteiger partial charge in [-0.25, -0.2) is 14.3 Å². The fourth-order valence-electron chi connectivity index (χ4n) is 1.83. The minimum Gasteiger partial charge on any atom is -0.870 e. The molecule has 0 unspecified atom stereocenters. The first kappa shape index (κ1) is 22.3. The van der Waals surface area contributed by atoms with Gasteiger partial charge in [0.2, 0.25) is 11.4 Å². The van der Waals surface area contributed by atoms with Crippen LogP contribution in [0.2, 0.25) is 0 Å². The Bertz CT molecular complexity index is 747. The van der Waals surface area contributed by atoms with Crippen molar-refractivity contribution in [3.8, 4) is 0 Å². The van der Waals surface area contributed by atoms with Gasteiger partial charge in [0.15, 0.2) is 0 Å². The third-order valence-corrected chi connectivity index (χ3v) is 2.73. The average molecular weight is 362 g/mol. The second kappa shape index (κ2) is 9.56. The Hall–Kier alpha value is -1.70. The maximum Gasteiger partial charge on any atom is 1.00 e. The van der Waals surface area contributed by atoms with Crippen LogP contribution in [-0.2, 0) is 11.3 Å². The third-order valence-electron chi connectivity index (χ3n) is 2.73. The molecule has 2 aromatic rings. The summed E-state index contributed by atoms with van der Waals surface area (Å²) >= 11 is 0. The van der Waals surface area contributed by atoms with Crippen molar-refractivity contribution in [1.82, 2.24) is 14.8 Å². The first-order chi connectivity index (χ1) is 10.5. The predicted octanol–water partition coefficient (Wildman–Crippen LogP) is -2.45. The van der Waals surface area contributed by atoms with E-state index in [1.54, 1.807) is 18.2 Å². The number of hydrogen-bond donors (Lipinski definition) is 1. The van der Waals surface area contributed by atoms with Gasteiger partial charge < -0.3 is 15.3 Å². The number of carboxylic acid groups (broad SMARTS) is 1. The van der Waals surface area contributed by atoms with Crippen molar-refractivity contribution in [1.29, 1.82) is 0 Å². The first-order valence-electron chi connectivity index (χ1n) is 5.92. The Morgan fingerprint density at radius 3 is 2.54 bits per heavy atom. The molecule has 2 aromatic heterocycles. The van der Waals surface area contributed by atoms with Crippen molar-refractivity contribution in [2.75, 3.05) is 7.11 Å². The summed E-state index contributed by atoms with van der Waals surface area (Å²) in [4.78, 5) is 37.0. The zero-order valence-electron chi connectivity index (χ0n) is 12.7. The van der Waals surface area contributed by atoms with Crippen LogP contribution in [0.1, 0.15) is 26.7 Å². The van der Waals surface area contributed by atoms with Gasteiger partial charge in [-0.1, -0.05) is 6.07 Å². The van der Waals surface area contributed by atoms with Crippen LogP contribution in [-0.4, -0.2) is 49.3 Å². The van der Waals surface area contributed by atoms with Gasteiger partial charge >= 0.3 is 69.0 Å². The number of aromatic carboxylic acids is 1. The number of rotatable bonds is 5. The van der Waals surface area contributed by atoms with Gasteiger partial charge in [0.25, 0.3) is 0 Å². The van der Waals surface area contributed by atoms with Crippen molar-refractivity contribution in [2.24, 2.45) is 0 Å². The summed E-state index contributed by atoms with van der Waals surface area (Å²) in [5, 5.41) is 24.0. The van der Waals surface area contributed by atoms with E-state index in [1.807, 2.05) is 0 Å². The van der Waals surface area contributed by atoms with E-state index >= 15 is 0 Å². The van der Waals surface area contributed by atoms with Crippen molar-refractivity contribution in [3.63, 3.8) is 0 Å². The molecular formula is C12H11KN4O7. The van der Waals surface area contributed by atoms with Crippen LogP contribution in [0, 0.1) is 10.1 Å². The average Bonchev–Trinajstić information content (AvgIpc) is 2.87. The van der Waals surface area contributed by atoms with Crippen LogP contribution in [0.5, 0.6) is 0 Å². The van der Waals surface area contributed by atoms with E-state index in [0.29, 0.717) is 5.69 Å². The van der Waals surface area contributed by atoms with Crippen LogP contribution >= 0.6 is 0 Å². The van der Waals surface area contributed by atoms with E-state index in [4.69, 9.17) is 0 Å². The Morgan fingerprint density at radius 1 is 1.42 bits per heavy atom. The zero-order valence-corrected chi connectivity index (χ0v) is 15.9. The Balaban J connectivity index is 0.00000264. The second-order valence-corrected chi connectivity index (χ2v) is 4.08. The van der Waals surface area contributed by atoms with Gasteiger partial charge in [-0.3, -0.25) is 15.1 Å². The van der Waals surface area contributed by atoms with Gasteiger partial charge in [-0.15, -0.1) is 0 Å². The molecule has 2 N–H and O–H groups in total. The number of nitrogens with zero attached hydrogens (tertiary/aromatic N) is 4. The minimum absolute atomic E-state index is 0. The van der Waals surface area contributed by atoms with Gasteiger partial charge in [-0.05, 0) is 12.1 Å². The zero-order chi connectivity index (χ0) is 16.3. The molecule has 0 amide bonds. The summed E-state index contributed by atoms with van der Waals surface area (Å²) in [6, 6.07) is 4.92. The molecule has 0 fully saturated rings. The van der Waals surface area contributed by atoms with Crippen LogP contribution < -0.4 is 51.4 Å². The number of pyridine rings is 1. The molecule has 0 aliphatic carbocycles. The molecule has 0 atom stereocenters. The summed E-state index contributed by atoms with van der Waals surface area (Å²) in [6.07, 6.45) is 1.48. The fraction of sp³-hybridized carbons (Fsp3) is 0.167. The van der Waals surface area contributed by atoms with Crippen LogP contribution in [0.3, 0.4) is 0 Å². The van der Waals surface area contributed by atoms with Crippen molar-refractivity contribution in [3.05, 3.63) is 51.6 Å². The number of carbonyl (C=O) groups is 2. The number of nitro groups is 1. The molecule has 0 aliphatic rings. The molecule has 12 heteroatoms. The number of esters is 1. The monoisotopic (exact) mass is 362 g/mol. The summed E-state index contributed by atoms with van der Waals surface area (Å²) in [7, 11) is 1.02. The Labute approximate surface area is 177 Å². The topological polar surface area (TPSA) is 167 Å². The third kappa shape index (κ3) is 4.65. The van der Waals surface area contributed by atoms with Crippen molar-refractivity contribution >= 4 is 17.6 Å². The van der Waals surface area contributed by atoms with E-state index in [9.17, 15) is 24.8 Å². The summed E-state index contributed by atoms with van der Waals surface area (Å²) < 4.78 is 5.24. The minimum atomic E-state index is -1.58. The van der Waals surface area contributed by atoms with E-state index in [1.165, 1.54) is 6.20 Å². The SMILES string of the molecule is COC(=O)c1nn(Cc2ccccn2)c(C(=O)O)c1[N+](=O)[O-].[K+].[OH-]. The van der Waals surface area contributed by atoms with Gasteiger partial charge in [0.05, 0.1) is 24.3 Å². The molecule has 0 aliphatic heterocycles. The van der Waals surface area contributed by atoms with Crippen molar-refractivity contribution < 1.29 is 81.2 Å². The Morgan fingerprint density at radius 2 is 2.08 bits per heavy atom. The van der Waals surface area contributed by atoms with Crippen LogP contribution in [0.4, 0.5) is 5.69 Å². The number of aromatic nitrogens is 3. The largest absolute Gasteiger partial charge is 1.00 e. The maximum absolute atomic E-state index is 11.6. The normalized spacial score (nSPS) is 9.38. The number of hydrogen-bond acceptors (Lipinski definition) is 8. The first-order valence-corrected chi connectivity index (χ1v) is 5.92. The molecule has 2 heterocycles. The molecule has 0 saturated carbocycles. The van der Waals surface area contributed by atoms with Crippen LogP contribution in [0.25, 0.3) is 0 Å². The van der Waals surface area contributed by atoms with E-state index < -0.39 is 33.9 Å². The maximum atomic E-state index is 11.6. The predicted molar refractivity (Wildman–Crippen MR) is 72.5 cm³/mol. The second-order valence-electron chi connectivity index (χ2n) is 4.08. The molecule has 0 spiro atoms. The summed E-state index contributed by atoms with van der Waals surface area (Å²) in [5.41, 5.74) is -1.86. The molecule has 0 aromatic carbocycles. The molecule has 2 rings (SSSR count). The molecule has 24 heavy (non-hydrogen) atoms. The summed E-state index contributed by atoms with van der Waals surface area (Å²) in [5.74, 6) is -2.67. The number of methoxy groups -OCH3 is 1. The number of ether oxygens (including phenoxy) is 1. The quantitative estimate of drug-likeness (QED) is 0.262. The molecule has 122 valence electrons.